The highest BCUT2D eigenvalue weighted by molar-refractivity contribution is 7.89. The fourth-order valence-electron chi connectivity index (χ4n) is 3.67. The molecule has 26 heavy (non-hydrogen) atoms. The lowest BCUT2D eigenvalue weighted by Crippen LogP contribution is -2.47. The second kappa shape index (κ2) is 8.97. The van der Waals surface area contributed by atoms with E-state index in [1.807, 2.05) is 32.9 Å². The molecule has 1 aromatic rings. The first-order valence-corrected chi connectivity index (χ1v) is 10.8. The van der Waals surface area contributed by atoms with E-state index >= 15 is 0 Å². The summed E-state index contributed by atoms with van der Waals surface area (Å²) in [5.41, 5.74) is 2.50. The summed E-state index contributed by atoms with van der Waals surface area (Å²) in [7, 11) is -3.69. The number of nitrogens with zero attached hydrogens (tertiary/aromatic N) is 1. The van der Waals surface area contributed by atoms with E-state index in [1.165, 1.54) is 4.31 Å². The van der Waals surface area contributed by atoms with Gasteiger partial charge in [-0.1, -0.05) is 24.6 Å². The Kier molecular flexibility index (Phi) is 7.20. The molecule has 1 unspecified atom stereocenters. The molecule has 1 aromatic carbocycles. The van der Waals surface area contributed by atoms with Crippen molar-refractivity contribution in [2.45, 2.75) is 57.9 Å². The van der Waals surface area contributed by atoms with E-state index in [4.69, 9.17) is 0 Å². The van der Waals surface area contributed by atoms with Crippen LogP contribution in [0.1, 0.15) is 42.9 Å². The Balaban J connectivity index is 2.15. The first-order chi connectivity index (χ1) is 12.3. The maximum atomic E-state index is 13.3. The Hall–Kier alpha value is -1.44. The van der Waals surface area contributed by atoms with Crippen molar-refractivity contribution < 1.29 is 13.2 Å². The molecule has 146 valence electrons. The van der Waals surface area contributed by atoms with Crippen LogP contribution in [0, 0.1) is 20.8 Å². The third kappa shape index (κ3) is 4.64. The topological polar surface area (TPSA) is 78.5 Å². The van der Waals surface area contributed by atoms with Gasteiger partial charge in [0.15, 0.2) is 0 Å². The summed E-state index contributed by atoms with van der Waals surface area (Å²) in [4.78, 5) is 12.9. The summed E-state index contributed by atoms with van der Waals surface area (Å²) >= 11 is 0. The molecule has 6 nitrogen and oxygen atoms in total. The van der Waals surface area contributed by atoms with Crippen LogP contribution in [-0.4, -0.2) is 50.9 Å². The third-order valence-corrected chi connectivity index (χ3v) is 6.92. The van der Waals surface area contributed by atoms with Crippen molar-refractivity contribution in [3.05, 3.63) is 28.8 Å². The standard InChI is InChI=1S/C19H31N3O3S/c1-5-8-20-9-10-21-19(23)17-7-6-11-22(17)26(24,25)18-15(3)12-14(2)13-16(18)4/h12-13,17,20H,5-11H2,1-4H3,(H,21,23). The van der Waals surface area contributed by atoms with Crippen molar-refractivity contribution in [1.82, 2.24) is 14.9 Å². The average Bonchev–Trinajstić information content (AvgIpc) is 3.03. The predicted molar refractivity (Wildman–Crippen MR) is 104 cm³/mol. The lowest BCUT2D eigenvalue weighted by atomic mass is 10.1. The molecule has 1 saturated heterocycles. The van der Waals surface area contributed by atoms with Crippen molar-refractivity contribution in [2.24, 2.45) is 0 Å². The van der Waals surface area contributed by atoms with Gasteiger partial charge < -0.3 is 10.6 Å². The second-order valence-corrected chi connectivity index (χ2v) is 8.87. The van der Waals surface area contributed by atoms with Crippen LogP contribution < -0.4 is 10.6 Å². The Labute approximate surface area is 157 Å². The van der Waals surface area contributed by atoms with Crippen molar-refractivity contribution in [2.75, 3.05) is 26.2 Å². The lowest BCUT2D eigenvalue weighted by Gasteiger charge is -2.25. The quantitative estimate of drug-likeness (QED) is 0.674. The maximum Gasteiger partial charge on any atom is 0.244 e. The molecule has 0 saturated carbocycles. The smallest absolute Gasteiger partial charge is 0.244 e. The zero-order valence-corrected chi connectivity index (χ0v) is 17.1. The number of nitrogens with one attached hydrogen (secondary N) is 2. The molecule has 7 heteroatoms. The average molecular weight is 382 g/mol. The van der Waals surface area contributed by atoms with Crippen LogP contribution >= 0.6 is 0 Å². The fourth-order valence-corrected chi connectivity index (χ4v) is 5.75. The minimum absolute atomic E-state index is 0.202. The number of sulfonamides is 1. The van der Waals surface area contributed by atoms with E-state index in [2.05, 4.69) is 17.6 Å². The molecule has 2 N–H and O–H groups in total. The lowest BCUT2D eigenvalue weighted by molar-refractivity contribution is -0.124. The summed E-state index contributed by atoms with van der Waals surface area (Å²) < 4.78 is 27.9. The van der Waals surface area contributed by atoms with E-state index in [0.29, 0.717) is 37.4 Å². The number of hydrogen-bond acceptors (Lipinski definition) is 4. The summed E-state index contributed by atoms with van der Waals surface area (Å²) in [6.45, 7) is 10.2. The highest BCUT2D eigenvalue weighted by atomic mass is 32.2. The summed E-state index contributed by atoms with van der Waals surface area (Å²) in [5.74, 6) is -0.202. The van der Waals surface area contributed by atoms with Crippen LogP contribution in [0.2, 0.25) is 0 Å². The molecule has 2 rings (SSSR count). The van der Waals surface area contributed by atoms with Gasteiger partial charge in [-0.2, -0.15) is 4.31 Å². The van der Waals surface area contributed by atoms with Crippen LogP contribution in [0.15, 0.2) is 17.0 Å². The monoisotopic (exact) mass is 381 g/mol. The van der Waals surface area contributed by atoms with E-state index < -0.39 is 16.1 Å². The Morgan fingerprint density at radius 1 is 1.15 bits per heavy atom. The van der Waals surface area contributed by atoms with E-state index in [1.54, 1.807) is 0 Å². The predicted octanol–water partition coefficient (Wildman–Crippen LogP) is 1.88. The molecule has 0 radical (unpaired) electrons. The van der Waals surface area contributed by atoms with Gasteiger partial charge in [-0.15, -0.1) is 0 Å². The Morgan fingerprint density at radius 3 is 2.42 bits per heavy atom. The molecule has 1 amide bonds. The number of aryl methyl sites for hydroxylation is 3. The minimum atomic E-state index is -3.69. The summed E-state index contributed by atoms with van der Waals surface area (Å²) in [6, 6.07) is 3.14. The van der Waals surface area contributed by atoms with Crippen molar-refractivity contribution in [3.63, 3.8) is 0 Å². The van der Waals surface area contributed by atoms with Crippen molar-refractivity contribution >= 4 is 15.9 Å². The van der Waals surface area contributed by atoms with Crippen LogP contribution in [0.25, 0.3) is 0 Å². The molecule has 1 atom stereocenters. The number of hydrogen-bond donors (Lipinski definition) is 2. The zero-order chi connectivity index (χ0) is 19.3. The maximum absolute atomic E-state index is 13.3. The molecular formula is C19H31N3O3S. The van der Waals surface area contributed by atoms with Gasteiger partial charge in [0.1, 0.15) is 6.04 Å². The Bertz CT molecular complexity index is 723. The first kappa shape index (κ1) is 20.9. The Morgan fingerprint density at radius 2 is 1.81 bits per heavy atom. The van der Waals surface area contributed by atoms with Gasteiger partial charge in [0.25, 0.3) is 0 Å². The largest absolute Gasteiger partial charge is 0.353 e. The number of carbonyl (C=O) groups excluding carboxylic acids is 1. The van der Waals surface area contributed by atoms with E-state index in [0.717, 1.165) is 29.7 Å². The van der Waals surface area contributed by atoms with Gasteiger partial charge in [-0.25, -0.2) is 8.42 Å². The van der Waals surface area contributed by atoms with Gasteiger partial charge in [0.05, 0.1) is 4.90 Å². The third-order valence-electron chi connectivity index (χ3n) is 4.71. The molecule has 0 aliphatic carbocycles. The van der Waals surface area contributed by atoms with Gasteiger partial charge in [0, 0.05) is 19.6 Å². The van der Waals surface area contributed by atoms with Crippen molar-refractivity contribution in [1.29, 1.82) is 0 Å². The second-order valence-electron chi connectivity index (χ2n) is 7.04. The van der Waals surface area contributed by atoms with Crippen LogP contribution in [0.5, 0.6) is 0 Å². The fraction of sp³-hybridized carbons (Fsp3) is 0.632. The number of carbonyl (C=O) groups is 1. The van der Waals surface area contributed by atoms with Gasteiger partial charge in [-0.05, 0) is 57.7 Å². The molecule has 1 aliphatic heterocycles. The number of rotatable bonds is 8. The molecule has 0 spiro atoms. The minimum Gasteiger partial charge on any atom is -0.353 e. The van der Waals surface area contributed by atoms with Crippen LogP contribution in [-0.2, 0) is 14.8 Å². The van der Waals surface area contributed by atoms with Crippen molar-refractivity contribution in [3.8, 4) is 0 Å². The summed E-state index contributed by atoms with van der Waals surface area (Å²) in [5, 5.41) is 6.09. The SMILES string of the molecule is CCCNCCNC(=O)C1CCCN1S(=O)(=O)c1c(C)cc(C)cc1C. The van der Waals surface area contributed by atoms with Crippen LogP contribution in [0.3, 0.4) is 0 Å². The molecule has 1 heterocycles. The van der Waals surface area contributed by atoms with Crippen LogP contribution in [0.4, 0.5) is 0 Å². The molecule has 1 fully saturated rings. The van der Waals surface area contributed by atoms with E-state index in [9.17, 15) is 13.2 Å². The number of benzene rings is 1. The highest BCUT2D eigenvalue weighted by Gasteiger charge is 2.40. The summed E-state index contributed by atoms with van der Waals surface area (Å²) in [6.07, 6.45) is 2.31. The van der Waals surface area contributed by atoms with E-state index in [-0.39, 0.29) is 5.91 Å². The molecular weight excluding hydrogens is 350 g/mol. The number of amides is 1. The van der Waals surface area contributed by atoms with Gasteiger partial charge >= 0.3 is 0 Å². The molecule has 1 aliphatic rings. The van der Waals surface area contributed by atoms with Gasteiger partial charge in [-0.3, -0.25) is 4.79 Å². The molecule has 0 aromatic heterocycles. The highest BCUT2D eigenvalue weighted by Crippen LogP contribution is 2.30. The first-order valence-electron chi connectivity index (χ1n) is 9.37. The van der Waals surface area contributed by atoms with Gasteiger partial charge in [0.2, 0.25) is 15.9 Å². The molecule has 0 bridgehead atoms. The zero-order valence-electron chi connectivity index (χ0n) is 16.3. The normalized spacial score (nSPS) is 18.2.